The quantitative estimate of drug-likeness (QED) is 0.159. The van der Waals surface area contributed by atoms with Crippen LogP contribution < -0.4 is 5.32 Å². The van der Waals surface area contributed by atoms with Crippen LogP contribution in [0.15, 0.2) is 77.1 Å². The highest BCUT2D eigenvalue weighted by Gasteiger charge is 2.38. The van der Waals surface area contributed by atoms with Crippen LogP contribution in [0, 0.1) is 12.8 Å². The van der Waals surface area contributed by atoms with Crippen LogP contribution in [-0.4, -0.2) is 44.1 Å². The van der Waals surface area contributed by atoms with Crippen molar-refractivity contribution in [2.45, 2.75) is 62.7 Å². The molecule has 0 radical (unpaired) electrons. The standard InChI is InChI=1S/C33H35N3O6S2/c1-20-28(19-43-33-36-35-21(2)44-33)41-32(42-31(20)24-11-9-22(18-37)10-12-24)27-8-4-7-26(16-27)25-6-3-5-23(15-25)17-34-29(38)13-14-30(39)40/h3-12,15-16,20,28,31-32,37H,13-14,17-19H2,1-2H3,(H,34,38)(H,39,40). The topological polar surface area (TPSA) is 131 Å². The molecular formula is C33H35N3O6S2. The molecule has 4 aromatic rings. The lowest BCUT2D eigenvalue weighted by molar-refractivity contribution is -0.268. The first-order chi connectivity index (χ1) is 21.3. The summed E-state index contributed by atoms with van der Waals surface area (Å²) in [6.45, 7) is 4.38. The molecule has 0 aliphatic carbocycles. The molecule has 4 unspecified atom stereocenters. The second-order valence-electron chi connectivity index (χ2n) is 10.7. The monoisotopic (exact) mass is 633 g/mol. The molecule has 3 N–H and O–H groups in total. The number of benzene rings is 3. The highest BCUT2D eigenvalue weighted by atomic mass is 32.2. The lowest BCUT2D eigenvalue weighted by Crippen LogP contribution is -2.38. The summed E-state index contributed by atoms with van der Waals surface area (Å²) >= 11 is 3.21. The van der Waals surface area contributed by atoms with E-state index >= 15 is 0 Å². The van der Waals surface area contributed by atoms with E-state index in [1.54, 1.807) is 23.1 Å². The number of carbonyl (C=O) groups is 2. The number of carboxylic acid groups (broad SMARTS) is 1. The molecule has 0 spiro atoms. The van der Waals surface area contributed by atoms with Gasteiger partial charge in [-0.3, -0.25) is 9.59 Å². The fraction of sp³-hybridized carbons (Fsp3) is 0.333. The maximum absolute atomic E-state index is 12.0. The molecule has 230 valence electrons. The van der Waals surface area contributed by atoms with Crippen molar-refractivity contribution in [2.75, 3.05) is 5.75 Å². The number of hydrogen-bond donors (Lipinski definition) is 3. The van der Waals surface area contributed by atoms with Gasteiger partial charge in [-0.05, 0) is 46.9 Å². The van der Waals surface area contributed by atoms with E-state index in [4.69, 9.17) is 14.6 Å². The van der Waals surface area contributed by atoms with Gasteiger partial charge in [0, 0.05) is 30.2 Å². The summed E-state index contributed by atoms with van der Waals surface area (Å²) < 4.78 is 14.2. The van der Waals surface area contributed by atoms with Gasteiger partial charge in [-0.2, -0.15) is 0 Å². The summed E-state index contributed by atoms with van der Waals surface area (Å²) in [4.78, 5) is 22.8. The Kier molecular flexibility index (Phi) is 10.8. The Balaban J connectivity index is 1.35. The van der Waals surface area contributed by atoms with Gasteiger partial charge < -0.3 is 25.0 Å². The number of amides is 1. The number of aliphatic hydroxyl groups excluding tert-OH is 1. The molecule has 44 heavy (non-hydrogen) atoms. The van der Waals surface area contributed by atoms with E-state index < -0.39 is 12.3 Å². The normalized spacial score (nSPS) is 19.9. The molecular weight excluding hydrogens is 599 g/mol. The Morgan fingerprint density at radius 2 is 1.68 bits per heavy atom. The summed E-state index contributed by atoms with van der Waals surface area (Å²) in [5, 5.41) is 30.5. The molecule has 2 heterocycles. The average Bonchev–Trinajstić information content (AvgIpc) is 3.47. The number of aromatic nitrogens is 2. The molecule has 4 atom stereocenters. The molecule has 1 fully saturated rings. The minimum Gasteiger partial charge on any atom is -0.481 e. The molecule has 1 saturated heterocycles. The highest BCUT2D eigenvalue weighted by molar-refractivity contribution is 8.01. The smallest absolute Gasteiger partial charge is 0.303 e. The number of carbonyl (C=O) groups excluding carboxylic acids is 1. The summed E-state index contributed by atoms with van der Waals surface area (Å²) in [6.07, 6.45) is -1.20. The number of aliphatic carboxylic acids is 1. The second-order valence-corrected chi connectivity index (χ2v) is 13.2. The van der Waals surface area contributed by atoms with Crippen LogP contribution in [-0.2, 0) is 32.2 Å². The zero-order valence-corrected chi connectivity index (χ0v) is 26.1. The molecule has 1 aliphatic heterocycles. The van der Waals surface area contributed by atoms with E-state index in [0.717, 1.165) is 42.7 Å². The molecule has 5 rings (SSSR count). The predicted molar refractivity (Wildman–Crippen MR) is 169 cm³/mol. The van der Waals surface area contributed by atoms with Crippen molar-refractivity contribution in [2.24, 2.45) is 5.92 Å². The molecule has 1 aromatic heterocycles. The van der Waals surface area contributed by atoms with Crippen molar-refractivity contribution >= 4 is 35.0 Å². The first-order valence-corrected chi connectivity index (χ1v) is 16.2. The number of carboxylic acids is 1. The molecule has 1 amide bonds. The van der Waals surface area contributed by atoms with E-state index in [1.165, 1.54) is 0 Å². The molecule has 11 heteroatoms. The van der Waals surface area contributed by atoms with Crippen LogP contribution in [0.4, 0.5) is 0 Å². The Bertz CT molecular complexity index is 1580. The van der Waals surface area contributed by atoms with Crippen molar-refractivity contribution in [1.82, 2.24) is 15.5 Å². The number of thioether (sulfide) groups is 1. The van der Waals surface area contributed by atoms with Crippen LogP contribution in [0.5, 0.6) is 0 Å². The van der Waals surface area contributed by atoms with Gasteiger partial charge in [0.1, 0.15) is 5.01 Å². The van der Waals surface area contributed by atoms with Crippen LogP contribution >= 0.6 is 23.1 Å². The van der Waals surface area contributed by atoms with Crippen LogP contribution in [0.25, 0.3) is 11.1 Å². The molecule has 9 nitrogen and oxygen atoms in total. The first-order valence-electron chi connectivity index (χ1n) is 14.4. The zero-order chi connectivity index (χ0) is 31.1. The van der Waals surface area contributed by atoms with E-state index in [1.807, 2.05) is 73.7 Å². The summed E-state index contributed by atoms with van der Waals surface area (Å²) in [6, 6.07) is 23.8. The highest BCUT2D eigenvalue weighted by Crippen LogP contribution is 2.43. The summed E-state index contributed by atoms with van der Waals surface area (Å²) in [5.74, 6) is -0.542. The Hall–Kier alpha value is -3.61. The fourth-order valence-electron chi connectivity index (χ4n) is 5.04. The van der Waals surface area contributed by atoms with Crippen molar-refractivity contribution in [3.05, 3.63) is 100 Å². The number of ether oxygens (including phenoxy) is 2. The number of aliphatic hydroxyl groups is 1. The van der Waals surface area contributed by atoms with Crippen molar-refractivity contribution in [3.8, 4) is 11.1 Å². The largest absolute Gasteiger partial charge is 0.481 e. The van der Waals surface area contributed by atoms with Crippen molar-refractivity contribution in [3.63, 3.8) is 0 Å². The molecule has 1 aliphatic rings. The minimum absolute atomic E-state index is 0.0152. The Labute approximate surface area is 264 Å². The Morgan fingerprint density at radius 3 is 2.39 bits per heavy atom. The molecule has 0 bridgehead atoms. The lowest BCUT2D eigenvalue weighted by atomic mass is 9.91. The van der Waals surface area contributed by atoms with Gasteiger partial charge in [0.15, 0.2) is 10.6 Å². The lowest BCUT2D eigenvalue weighted by Gasteiger charge is -2.41. The van der Waals surface area contributed by atoms with Crippen molar-refractivity contribution < 1.29 is 29.3 Å². The number of nitrogens with one attached hydrogen (secondary N) is 1. The third-order valence-electron chi connectivity index (χ3n) is 7.48. The number of aryl methyl sites for hydroxylation is 1. The maximum atomic E-state index is 12.0. The van der Waals surface area contributed by atoms with Gasteiger partial charge in [0.25, 0.3) is 0 Å². The van der Waals surface area contributed by atoms with Crippen molar-refractivity contribution in [1.29, 1.82) is 0 Å². The van der Waals surface area contributed by atoms with Gasteiger partial charge in [0.2, 0.25) is 5.91 Å². The first kappa shape index (κ1) is 31.8. The average molecular weight is 634 g/mol. The van der Waals surface area contributed by atoms with E-state index in [2.05, 4.69) is 28.5 Å². The third kappa shape index (κ3) is 8.30. The Morgan fingerprint density at radius 1 is 0.932 bits per heavy atom. The van der Waals surface area contributed by atoms with Gasteiger partial charge in [-0.25, -0.2) is 0 Å². The van der Waals surface area contributed by atoms with Gasteiger partial charge >= 0.3 is 5.97 Å². The fourth-order valence-corrected chi connectivity index (χ4v) is 7.04. The number of rotatable bonds is 12. The summed E-state index contributed by atoms with van der Waals surface area (Å²) in [7, 11) is 0. The van der Waals surface area contributed by atoms with E-state index in [9.17, 15) is 14.7 Å². The van der Waals surface area contributed by atoms with Crippen LogP contribution in [0.3, 0.4) is 0 Å². The molecule has 0 saturated carbocycles. The predicted octanol–water partition coefficient (Wildman–Crippen LogP) is 6.07. The van der Waals surface area contributed by atoms with Crippen LogP contribution in [0.1, 0.15) is 59.4 Å². The van der Waals surface area contributed by atoms with Gasteiger partial charge in [-0.15, -0.1) is 10.2 Å². The summed E-state index contributed by atoms with van der Waals surface area (Å²) in [5.41, 5.74) is 5.62. The van der Waals surface area contributed by atoms with Crippen LogP contribution in [0.2, 0.25) is 0 Å². The SMILES string of the molecule is Cc1nnc(SCC2OC(c3cccc(-c4cccc(CNC(=O)CCC(=O)O)c4)c3)OC(c3ccc(CO)cc3)C2C)s1. The number of hydrogen-bond acceptors (Lipinski definition) is 9. The van der Waals surface area contributed by atoms with Gasteiger partial charge in [-0.1, -0.05) is 90.7 Å². The minimum atomic E-state index is -0.995. The number of nitrogens with zero attached hydrogens (tertiary/aromatic N) is 2. The van der Waals surface area contributed by atoms with Gasteiger partial charge in [0.05, 0.1) is 25.2 Å². The van der Waals surface area contributed by atoms with E-state index in [0.29, 0.717) is 12.3 Å². The molecule has 3 aromatic carbocycles. The third-order valence-corrected chi connectivity index (χ3v) is 9.54. The zero-order valence-electron chi connectivity index (χ0n) is 24.5. The second kappa shape index (κ2) is 14.9. The maximum Gasteiger partial charge on any atom is 0.303 e. The van der Waals surface area contributed by atoms with E-state index in [-0.39, 0.29) is 43.5 Å².